The number of rotatable bonds is 12. The summed E-state index contributed by atoms with van der Waals surface area (Å²) in [5.74, 6) is -0.971. The zero-order chi connectivity index (χ0) is 33.6. The first kappa shape index (κ1) is 35.0. The molecule has 4 rings (SSSR count). The lowest BCUT2D eigenvalue weighted by Crippen LogP contribution is -2.54. The van der Waals surface area contributed by atoms with Gasteiger partial charge in [-0.15, -0.1) is 0 Å². The van der Waals surface area contributed by atoms with E-state index in [1.807, 2.05) is 64.1 Å². The number of anilines is 1. The fourth-order valence-corrected chi connectivity index (χ4v) is 7.22. The SMILES string of the molecule is Cc1ccc(S(=O)(=O)N(CC(=O)N(Cc2c(Cl)cccc2Cl)[C@@H](Cc2ccccc2)C(=O)NC(C)C)c2ccc(C)cc2C)cc1. The third-order valence-corrected chi connectivity index (χ3v) is 10.1. The van der Waals surface area contributed by atoms with Crippen LogP contribution in [0.3, 0.4) is 0 Å². The largest absolute Gasteiger partial charge is 0.352 e. The number of carbonyl (C=O) groups is 2. The van der Waals surface area contributed by atoms with Gasteiger partial charge in [-0.25, -0.2) is 8.42 Å². The lowest BCUT2D eigenvalue weighted by atomic mass is 10.0. The highest BCUT2D eigenvalue weighted by atomic mass is 35.5. The summed E-state index contributed by atoms with van der Waals surface area (Å²) < 4.78 is 29.7. The third-order valence-electron chi connectivity index (χ3n) is 7.60. The first-order chi connectivity index (χ1) is 21.8. The first-order valence-corrected chi connectivity index (χ1v) is 17.2. The summed E-state index contributed by atoms with van der Waals surface area (Å²) in [5, 5.41) is 3.60. The van der Waals surface area contributed by atoms with E-state index in [2.05, 4.69) is 5.32 Å². The van der Waals surface area contributed by atoms with Crippen molar-refractivity contribution in [3.63, 3.8) is 0 Å². The quantitative estimate of drug-likeness (QED) is 0.171. The Kier molecular flexibility index (Phi) is 11.5. The number of carbonyl (C=O) groups excluding carboxylic acids is 2. The van der Waals surface area contributed by atoms with Gasteiger partial charge in [-0.2, -0.15) is 0 Å². The Bertz CT molecular complexity index is 1780. The van der Waals surface area contributed by atoms with Crippen molar-refractivity contribution in [3.05, 3.63) is 129 Å². The second-order valence-corrected chi connectivity index (χ2v) is 14.4. The van der Waals surface area contributed by atoms with Gasteiger partial charge in [0.05, 0.1) is 10.6 Å². The van der Waals surface area contributed by atoms with Crippen LogP contribution >= 0.6 is 23.2 Å². The summed E-state index contributed by atoms with van der Waals surface area (Å²) in [6.45, 7) is 8.58. The van der Waals surface area contributed by atoms with Crippen LogP contribution in [0.4, 0.5) is 5.69 Å². The van der Waals surface area contributed by atoms with Crippen LogP contribution in [0.2, 0.25) is 10.0 Å². The molecular weight excluding hydrogens is 641 g/mol. The van der Waals surface area contributed by atoms with Gasteiger partial charge in [0.1, 0.15) is 12.6 Å². The maximum Gasteiger partial charge on any atom is 0.264 e. The summed E-state index contributed by atoms with van der Waals surface area (Å²) in [6, 6.07) is 25.0. The van der Waals surface area contributed by atoms with Crippen molar-refractivity contribution < 1.29 is 18.0 Å². The number of amides is 2. The minimum absolute atomic E-state index is 0.0463. The number of aryl methyl sites for hydroxylation is 3. The molecule has 1 atom stereocenters. The summed E-state index contributed by atoms with van der Waals surface area (Å²) in [7, 11) is -4.21. The number of nitrogens with zero attached hydrogens (tertiary/aromatic N) is 2. The lowest BCUT2D eigenvalue weighted by molar-refractivity contribution is -0.140. The number of hydrogen-bond acceptors (Lipinski definition) is 4. The summed E-state index contributed by atoms with van der Waals surface area (Å²) in [5.41, 5.74) is 4.17. The van der Waals surface area contributed by atoms with Gasteiger partial charge < -0.3 is 10.2 Å². The van der Waals surface area contributed by atoms with Gasteiger partial charge in [-0.1, -0.05) is 95.0 Å². The second-order valence-electron chi connectivity index (χ2n) is 11.7. The van der Waals surface area contributed by atoms with Crippen molar-refractivity contribution in [2.75, 3.05) is 10.8 Å². The Morgan fingerprint density at radius 3 is 2.00 bits per heavy atom. The van der Waals surface area contributed by atoms with Gasteiger partial charge in [-0.3, -0.25) is 13.9 Å². The minimum Gasteiger partial charge on any atom is -0.352 e. The van der Waals surface area contributed by atoms with Crippen molar-refractivity contribution in [2.24, 2.45) is 0 Å². The van der Waals surface area contributed by atoms with Crippen LogP contribution in [0, 0.1) is 20.8 Å². The molecular formula is C36H39Cl2N3O4S. The highest BCUT2D eigenvalue weighted by Gasteiger charge is 2.35. The molecule has 0 saturated heterocycles. The van der Waals surface area contributed by atoms with E-state index in [1.54, 1.807) is 49.4 Å². The first-order valence-electron chi connectivity index (χ1n) is 15.0. The van der Waals surface area contributed by atoms with Gasteiger partial charge in [0.2, 0.25) is 11.8 Å². The molecule has 0 aliphatic carbocycles. The minimum atomic E-state index is -4.21. The van der Waals surface area contributed by atoms with Crippen molar-refractivity contribution >= 4 is 50.7 Å². The van der Waals surface area contributed by atoms with E-state index in [0.29, 0.717) is 26.9 Å². The van der Waals surface area contributed by atoms with Gasteiger partial charge in [0, 0.05) is 34.6 Å². The third kappa shape index (κ3) is 8.49. The van der Waals surface area contributed by atoms with Crippen molar-refractivity contribution in [2.45, 2.75) is 64.6 Å². The molecule has 1 N–H and O–H groups in total. The number of halogens is 2. The fourth-order valence-electron chi connectivity index (χ4n) is 5.22. The topological polar surface area (TPSA) is 86.8 Å². The molecule has 0 bridgehead atoms. The average Bonchev–Trinajstić information content (AvgIpc) is 2.99. The van der Waals surface area contributed by atoms with Gasteiger partial charge >= 0.3 is 0 Å². The summed E-state index contributed by atoms with van der Waals surface area (Å²) in [4.78, 5) is 29.9. The highest BCUT2D eigenvalue weighted by Crippen LogP contribution is 2.30. The molecule has 10 heteroatoms. The molecule has 4 aromatic carbocycles. The van der Waals surface area contributed by atoms with Crippen LogP contribution in [-0.2, 0) is 32.6 Å². The maximum atomic E-state index is 14.6. The van der Waals surface area contributed by atoms with E-state index in [0.717, 1.165) is 21.0 Å². The van der Waals surface area contributed by atoms with Gasteiger partial charge in [0.25, 0.3) is 10.0 Å². The summed E-state index contributed by atoms with van der Waals surface area (Å²) in [6.07, 6.45) is 0.182. The number of hydrogen-bond donors (Lipinski definition) is 1. The molecule has 0 heterocycles. The molecule has 0 unspecified atom stereocenters. The number of sulfonamides is 1. The monoisotopic (exact) mass is 679 g/mol. The molecule has 4 aromatic rings. The van der Waals surface area contributed by atoms with Crippen molar-refractivity contribution in [3.8, 4) is 0 Å². The molecule has 0 aromatic heterocycles. The van der Waals surface area contributed by atoms with Gasteiger partial charge in [-0.05, 0) is 76.1 Å². The van der Waals surface area contributed by atoms with Crippen molar-refractivity contribution in [1.29, 1.82) is 0 Å². The molecule has 242 valence electrons. The predicted molar refractivity (Wildman–Crippen MR) is 186 cm³/mol. The maximum absolute atomic E-state index is 14.6. The van der Waals surface area contributed by atoms with E-state index in [4.69, 9.17) is 23.2 Å². The van der Waals surface area contributed by atoms with Crippen LogP contribution in [0.15, 0.2) is 95.9 Å². The Hall–Kier alpha value is -3.85. The zero-order valence-electron chi connectivity index (χ0n) is 26.6. The Morgan fingerprint density at radius 2 is 1.41 bits per heavy atom. The summed E-state index contributed by atoms with van der Waals surface area (Å²) >= 11 is 13.2. The smallest absolute Gasteiger partial charge is 0.264 e. The molecule has 0 aliphatic rings. The number of nitrogens with one attached hydrogen (secondary N) is 1. The van der Waals surface area contributed by atoms with Gasteiger partial charge in [0.15, 0.2) is 0 Å². The van der Waals surface area contributed by atoms with Crippen LogP contribution in [0.5, 0.6) is 0 Å². The Balaban J connectivity index is 1.86. The highest BCUT2D eigenvalue weighted by molar-refractivity contribution is 7.92. The standard InChI is InChI=1S/C36H39Cl2N3O4S/c1-24(2)39-36(43)34(21-28-10-7-6-8-11-28)40(22-30-31(37)12-9-13-32(30)38)35(42)23-41(33-19-16-26(4)20-27(33)5)46(44,45)29-17-14-25(3)15-18-29/h6-20,24,34H,21-23H2,1-5H3,(H,39,43)/t34-/m0/s1. The van der Waals surface area contributed by atoms with E-state index in [1.165, 1.54) is 17.0 Å². The predicted octanol–water partition coefficient (Wildman–Crippen LogP) is 7.28. The normalized spacial score (nSPS) is 12.1. The zero-order valence-corrected chi connectivity index (χ0v) is 29.0. The van der Waals surface area contributed by atoms with Crippen LogP contribution in [0.25, 0.3) is 0 Å². The van der Waals surface area contributed by atoms with E-state index in [9.17, 15) is 18.0 Å². The molecule has 0 fully saturated rings. The van der Waals surface area contributed by atoms with Crippen molar-refractivity contribution in [1.82, 2.24) is 10.2 Å². The molecule has 0 aliphatic heterocycles. The lowest BCUT2D eigenvalue weighted by Gasteiger charge is -2.35. The molecule has 7 nitrogen and oxygen atoms in total. The van der Waals surface area contributed by atoms with E-state index < -0.39 is 28.5 Å². The molecule has 0 saturated carbocycles. The molecule has 0 radical (unpaired) electrons. The second kappa shape index (κ2) is 15.2. The molecule has 0 spiro atoms. The van der Waals surface area contributed by atoms with Crippen LogP contribution in [-0.4, -0.2) is 43.8 Å². The van der Waals surface area contributed by atoms with E-state index >= 15 is 0 Å². The van der Waals surface area contributed by atoms with Crippen LogP contribution < -0.4 is 9.62 Å². The molecule has 2 amide bonds. The van der Waals surface area contributed by atoms with E-state index in [-0.39, 0.29) is 29.8 Å². The molecule has 46 heavy (non-hydrogen) atoms. The Labute approximate surface area is 282 Å². The van der Waals surface area contributed by atoms with Crippen LogP contribution in [0.1, 0.15) is 41.7 Å². The average molecular weight is 681 g/mol. The Morgan fingerprint density at radius 1 is 0.804 bits per heavy atom. The number of benzene rings is 4. The fraction of sp³-hybridized carbons (Fsp3) is 0.278.